The van der Waals surface area contributed by atoms with E-state index in [-0.39, 0.29) is 11.3 Å². The molecule has 0 atom stereocenters. The zero-order chi connectivity index (χ0) is 19.8. The molecule has 6 heteroatoms. The van der Waals surface area contributed by atoms with E-state index in [0.717, 1.165) is 55.9 Å². The van der Waals surface area contributed by atoms with Crippen LogP contribution in [0.3, 0.4) is 0 Å². The largest absolute Gasteiger partial charge is 0.497 e. The second-order valence-corrected chi connectivity index (χ2v) is 7.91. The van der Waals surface area contributed by atoms with Crippen LogP contribution >= 0.6 is 0 Å². The van der Waals surface area contributed by atoms with Gasteiger partial charge in [0.2, 0.25) is 0 Å². The number of likely N-dealkylation sites (tertiary alicyclic amines) is 1. The Kier molecular flexibility index (Phi) is 4.34. The van der Waals surface area contributed by atoms with E-state index in [0.29, 0.717) is 5.56 Å². The number of ether oxygens (including phenoxy) is 1. The average molecular weight is 388 g/mol. The second kappa shape index (κ2) is 7.03. The third-order valence-corrected chi connectivity index (χ3v) is 6.44. The first-order chi connectivity index (χ1) is 14.2. The van der Waals surface area contributed by atoms with Gasteiger partial charge in [0.15, 0.2) is 0 Å². The summed E-state index contributed by atoms with van der Waals surface area (Å²) in [5.74, 6) is 2.13. The molecule has 0 saturated carbocycles. The summed E-state index contributed by atoms with van der Waals surface area (Å²) in [6, 6.07) is 11.7. The summed E-state index contributed by atoms with van der Waals surface area (Å²) in [5.41, 5.74) is 3.06. The number of nitrogens with zero attached hydrogens (tertiary/aromatic N) is 4. The summed E-state index contributed by atoms with van der Waals surface area (Å²) in [7, 11) is 1.69. The first kappa shape index (κ1) is 17.9. The first-order valence-corrected chi connectivity index (χ1v) is 10.1. The van der Waals surface area contributed by atoms with E-state index >= 15 is 0 Å². The minimum absolute atomic E-state index is 0.0755. The molecule has 1 aromatic carbocycles. The van der Waals surface area contributed by atoms with Crippen LogP contribution in [0, 0.1) is 0 Å². The Morgan fingerprint density at radius 2 is 1.83 bits per heavy atom. The van der Waals surface area contributed by atoms with Gasteiger partial charge in [-0.1, -0.05) is 12.1 Å². The maximum atomic E-state index is 12.8. The molecule has 148 valence electrons. The molecule has 1 spiro atoms. The van der Waals surface area contributed by atoms with Crippen LogP contribution in [-0.4, -0.2) is 45.5 Å². The van der Waals surface area contributed by atoms with Crippen LogP contribution in [0.1, 0.15) is 35.4 Å². The summed E-state index contributed by atoms with van der Waals surface area (Å²) in [6.07, 6.45) is 8.33. The predicted molar refractivity (Wildman–Crippen MR) is 110 cm³/mol. The van der Waals surface area contributed by atoms with Crippen molar-refractivity contribution in [2.24, 2.45) is 0 Å². The van der Waals surface area contributed by atoms with Crippen molar-refractivity contribution in [3.63, 3.8) is 0 Å². The highest BCUT2D eigenvalue weighted by Gasteiger charge is 2.44. The van der Waals surface area contributed by atoms with Gasteiger partial charge in [0, 0.05) is 48.6 Å². The lowest BCUT2D eigenvalue weighted by Crippen LogP contribution is -2.44. The molecule has 0 aliphatic carbocycles. The highest BCUT2D eigenvalue weighted by Crippen LogP contribution is 2.45. The molecule has 3 aromatic rings. The number of amides is 1. The van der Waals surface area contributed by atoms with Crippen molar-refractivity contribution in [2.75, 3.05) is 20.2 Å². The zero-order valence-corrected chi connectivity index (χ0v) is 16.5. The molecule has 0 unspecified atom stereocenters. The third-order valence-electron chi connectivity index (χ3n) is 6.44. The van der Waals surface area contributed by atoms with Gasteiger partial charge in [-0.25, -0.2) is 4.98 Å². The van der Waals surface area contributed by atoms with Crippen LogP contribution in [0.4, 0.5) is 0 Å². The minimum atomic E-state index is 0.0755. The topological polar surface area (TPSA) is 60.2 Å². The van der Waals surface area contributed by atoms with Crippen LogP contribution in [-0.2, 0) is 12.0 Å². The lowest BCUT2D eigenvalue weighted by atomic mass is 9.76. The fourth-order valence-electron chi connectivity index (χ4n) is 4.76. The number of aromatic nitrogens is 3. The van der Waals surface area contributed by atoms with Gasteiger partial charge >= 0.3 is 0 Å². The number of fused-ring (bicyclic) bond motifs is 2. The molecule has 2 aromatic heterocycles. The fraction of sp³-hybridized carbons (Fsp3) is 0.348. The summed E-state index contributed by atoms with van der Waals surface area (Å²) in [5, 5.41) is 0. The van der Waals surface area contributed by atoms with Gasteiger partial charge in [-0.2, -0.15) is 0 Å². The molecule has 0 bridgehead atoms. The number of hydrogen-bond acceptors (Lipinski definition) is 4. The number of imidazole rings is 1. The SMILES string of the molecule is COc1cccc(-c2cnc3n2CCC32CCN(C(=O)c3ccncc3)CC2)c1. The number of pyridine rings is 1. The maximum Gasteiger partial charge on any atom is 0.253 e. The number of rotatable bonds is 3. The monoisotopic (exact) mass is 388 g/mol. The minimum Gasteiger partial charge on any atom is -0.497 e. The molecule has 6 nitrogen and oxygen atoms in total. The molecule has 29 heavy (non-hydrogen) atoms. The van der Waals surface area contributed by atoms with Crippen molar-refractivity contribution in [3.8, 4) is 17.0 Å². The molecule has 0 N–H and O–H groups in total. The van der Waals surface area contributed by atoms with Gasteiger partial charge in [-0.15, -0.1) is 0 Å². The average Bonchev–Trinajstić information content (AvgIpc) is 3.36. The van der Waals surface area contributed by atoms with Gasteiger partial charge in [0.25, 0.3) is 5.91 Å². The van der Waals surface area contributed by atoms with Crippen LogP contribution in [0.25, 0.3) is 11.3 Å². The van der Waals surface area contributed by atoms with Gasteiger partial charge in [-0.05, 0) is 43.5 Å². The molecule has 2 aliphatic heterocycles. The first-order valence-electron chi connectivity index (χ1n) is 10.1. The van der Waals surface area contributed by atoms with E-state index in [1.807, 2.05) is 23.2 Å². The van der Waals surface area contributed by atoms with Crippen LogP contribution in [0.15, 0.2) is 55.0 Å². The molecule has 1 fully saturated rings. The van der Waals surface area contributed by atoms with Crippen molar-refractivity contribution in [3.05, 3.63) is 66.4 Å². The highest BCUT2D eigenvalue weighted by molar-refractivity contribution is 5.94. The Morgan fingerprint density at radius 1 is 1.07 bits per heavy atom. The van der Waals surface area contributed by atoms with E-state index in [1.165, 1.54) is 5.82 Å². The van der Waals surface area contributed by atoms with Crippen molar-refractivity contribution in [1.29, 1.82) is 0 Å². The molecule has 0 radical (unpaired) electrons. The number of hydrogen-bond donors (Lipinski definition) is 0. The Balaban J connectivity index is 1.36. The van der Waals surface area contributed by atoms with Crippen LogP contribution in [0.5, 0.6) is 5.75 Å². The van der Waals surface area contributed by atoms with Crippen molar-refractivity contribution in [2.45, 2.75) is 31.2 Å². The van der Waals surface area contributed by atoms with E-state index in [4.69, 9.17) is 9.72 Å². The Morgan fingerprint density at radius 3 is 2.59 bits per heavy atom. The van der Waals surface area contributed by atoms with Gasteiger partial charge in [-0.3, -0.25) is 9.78 Å². The van der Waals surface area contributed by atoms with E-state index in [9.17, 15) is 4.79 Å². The number of benzene rings is 1. The number of methoxy groups -OCH3 is 1. The zero-order valence-electron chi connectivity index (χ0n) is 16.5. The van der Waals surface area contributed by atoms with Gasteiger partial charge in [0.1, 0.15) is 11.6 Å². The third kappa shape index (κ3) is 2.99. The Hall–Kier alpha value is -3.15. The van der Waals surface area contributed by atoms with E-state index in [1.54, 1.807) is 31.6 Å². The van der Waals surface area contributed by atoms with Gasteiger partial charge in [0.05, 0.1) is 19.0 Å². The number of carbonyl (C=O) groups excluding carboxylic acids is 1. The molecule has 4 heterocycles. The van der Waals surface area contributed by atoms with E-state index < -0.39 is 0 Å². The predicted octanol–water partition coefficient (Wildman–Crippen LogP) is 3.53. The molecule has 2 aliphatic rings. The molecule has 5 rings (SSSR count). The summed E-state index contributed by atoms with van der Waals surface area (Å²) >= 11 is 0. The highest BCUT2D eigenvalue weighted by atomic mass is 16.5. The molecule has 1 amide bonds. The quantitative estimate of drug-likeness (QED) is 0.689. The normalized spacial score (nSPS) is 17.3. The number of piperidine rings is 1. The van der Waals surface area contributed by atoms with Crippen LogP contribution < -0.4 is 4.74 Å². The smallest absolute Gasteiger partial charge is 0.253 e. The second-order valence-electron chi connectivity index (χ2n) is 7.91. The lowest BCUT2D eigenvalue weighted by molar-refractivity contribution is 0.0663. The van der Waals surface area contributed by atoms with Crippen molar-refractivity contribution < 1.29 is 9.53 Å². The summed E-state index contributed by atoms with van der Waals surface area (Å²) in [6.45, 7) is 2.51. The lowest BCUT2D eigenvalue weighted by Gasteiger charge is -2.38. The Bertz CT molecular complexity index is 1040. The van der Waals surface area contributed by atoms with Crippen molar-refractivity contribution in [1.82, 2.24) is 19.4 Å². The molecular formula is C23H24N4O2. The van der Waals surface area contributed by atoms with Crippen LogP contribution in [0.2, 0.25) is 0 Å². The fourth-order valence-corrected chi connectivity index (χ4v) is 4.76. The molecule has 1 saturated heterocycles. The Labute approximate surface area is 170 Å². The van der Waals surface area contributed by atoms with Gasteiger partial charge < -0.3 is 14.2 Å². The van der Waals surface area contributed by atoms with E-state index in [2.05, 4.69) is 21.7 Å². The van der Waals surface area contributed by atoms with Crippen molar-refractivity contribution >= 4 is 5.91 Å². The standard InChI is InChI=1S/C23H24N4O2/c1-29-19-4-2-3-18(15-19)20-16-25-22-23(9-14-27(20)22)7-12-26(13-8-23)21(28)17-5-10-24-11-6-17/h2-6,10-11,15-16H,7-9,12-14H2,1H3. The summed E-state index contributed by atoms with van der Waals surface area (Å²) in [4.78, 5) is 23.6. The number of carbonyl (C=O) groups is 1. The maximum absolute atomic E-state index is 12.8. The summed E-state index contributed by atoms with van der Waals surface area (Å²) < 4.78 is 7.74. The molecular weight excluding hydrogens is 364 g/mol.